The van der Waals surface area contributed by atoms with E-state index in [0.29, 0.717) is 19.4 Å². The fraction of sp³-hybridized carbons (Fsp3) is 0.867. The zero-order chi connectivity index (χ0) is 14.8. The van der Waals surface area contributed by atoms with E-state index in [1.807, 2.05) is 13.8 Å². The van der Waals surface area contributed by atoms with Crippen LogP contribution in [0.2, 0.25) is 0 Å². The molecule has 0 aromatic rings. The van der Waals surface area contributed by atoms with Gasteiger partial charge in [0.2, 0.25) is 5.91 Å². The number of aliphatic carboxylic acids is 1. The fourth-order valence-corrected chi connectivity index (χ4v) is 3.63. The van der Waals surface area contributed by atoms with Crippen molar-refractivity contribution >= 4 is 11.9 Å². The van der Waals surface area contributed by atoms with Gasteiger partial charge in [0, 0.05) is 13.2 Å². The monoisotopic (exact) mass is 283 g/mol. The summed E-state index contributed by atoms with van der Waals surface area (Å²) >= 11 is 0. The third kappa shape index (κ3) is 2.32. The summed E-state index contributed by atoms with van der Waals surface area (Å²) in [7, 11) is 0. The number of fused-ring (bicyclic) bond motifs is 1. The van der Waals surface area contributed by atoms with Crippen LogP contribution in [0.1, 0.15) is 52.4 Å². The van der Waals surface area contributed by atoms with E-state index in [-0.39, 0.29) is 18.6 Å². The Bertz CT molecular complexity index is 379. The zero-order valence-electron chi connectivity index (χ0n) is 12.4. The molecule has 0 aromatic carbocycles. The van der Waals surface area contributed by atoms with Crippen LogP contribution < -0.4 is 5.32 Å². The van der Waals surface area contributed by atoms with Crippen molar-refractivity contribution in [3.8, 4) is 0 Å². The number of rotatable bonds is 6. The van der Waals surface area contributed by atoms with E-state index < -0.39 is 16.8 Å². The smallest absolute Gasteiger partial charge is 0.311 e. The molecule has 1 aliphatic heterocycles. The SMILES string of the molecule is CCC(CC)(CNC(=O)[C@]12CCC[C@H]1OCC2)C(=O)O. The summed E-state index contributed by atoms with van der Waals surface area (Å²) in [5, 5.41) is 12.3. The van der Waals surface area contributed by atoms with Crippen LogP contribution in [0.4, 0.5) is 0 Å². The predicted molar refractivity (Wildman–Crippen MR) is 74.3 cm³/mol. The lowest BCUT2D eigenvalue weighted by Crippen LogP contribution is -2.49. The van der Waals surface area contributed by atoms with E-state index >= 15 is 0 Å². The van der Waals surface area contributed by atoms with Crippen LogP contribution in [0.5, 0.6) is 0 Å². The maximum Gasteiger partial charge on any atom is 0.311 e. The zero-order valence-corrected chi connectivity index (χ0v) is 12.4. The number of hydrogen-bond acceptors (Lipinski definition) is 3. The Balaban J connectivity index is 2.03. The van der Waals surface area contributed by atoms with Crippen molar-refractivity contribution in [3.63, 3.8) is 0 Å². The summed E-state index contributed by atoms with van der Waals surface area (Å²) in [6.45, 7) is 4.57. The first kappa shape index (κ1) is 15.3. The first-order chi connectivity index (χ1) is 9.50. The molecule has 2 rings (SSSR count). The number of hydrogen-bond donors (Lipinski definition) is 2. The second-order valence-corrected chi connectivity index (χ2v) is 6.13. The van der Waals surface area contributed by atoms with Crippen molar-refractivity contribution in [2.45, 2.75) is 58.5 Å². The van der Waals surface area contributed by atoms with Crippen molar-refractivity contribution < 1.29 is 19.4 Å². The largest absolute Gasteiger partial charge is 0.481 e. The lowest BCUT2D eigenvalue weighted by Gasteiger charge is -2.31. The Hall–Kier alpha value is -1.10. The Morgan fingerprint density at radius 1 is 1.35 bits per heavy atom. The summed E-state index contributed by atoms with van der Waals surface area (Å²) in [4.78, 5) is 24.0. The first-order valence-corrected chi connectivity index (χ1v) is 7.64. The second-order valence-electron chi connectivity index (χ2n) is 6.13. The highest BCUT2D eigenvalue weighted by Crippen LogP contribution is 2.47. The van der Waals surface area contributed by atoms with E-state index in [4.69, 9.17) is 4.74 Å². The van der Waals surface area contributed by atoms with Gasteiger partial charge in [0.25, 0.3) is 0 Å². The Labute approximate surface area is 120 Å². The third-order valence-corrected chi connectivity index (χ3v) is 5.42. The molecule has 5 nitrogen and oxygen atoms in total. The molecule has 2 N–H and O–H groups in total. The highest BCUT2D eigenvalue weighted by Gasteiger charge is 2.53. The van der Waals surface area contributed by atoms with Crippen molar-refractivity contribution in [2.75, 3.05) is 13.2 Å². The van der Waals surface area contributed by atoms with E-state index in [1.54, 1.807) is 0 Å². The van der Waals surface area contributed by atoms with E-state index in [1.165, 1.54) is 0 Å². The Kier molecular flexibility index (Phi) is 4.37. The maximum atomic E-state index is 12.6. The molecule has 20 heavy (non-hydrogen) atoms. The molecule has 2 aliphatic rings. The number of ether oxygens (including phenoxy) is 1. The number of amides is 1. The van der Waals surface area contributed by atoms with Gasteiger partial charge in [-0.2, -0.15) is 0 Å². The molecule has 5 heteroatoms. The van der Waals surface area contributed by atoms with Crippen LogP contribution in [0.3, 0.4) is 0 Å². The second kappa shape index (κ2) is 5.72. The number of carboxylic acids is 1. The lowest BCUT2D eigenvalue weighted by molar-refractivity contribution is -0.149. The molecule has 1 aliphatic carbocycles. The lowest BCUT2D eigenvalue weighted by atomic mass is 9.79. The van der Waals surface area contributed by atoms with E-state index in [0.717, 1.165) is 25.7 Å². The molecule has 0 radical (unpaired) electrons. The average molecular weight is 283 g/mol. The molecular formula is C15H25NO4. The van der Waals surface area contributed by atoms with Crippen molar-refractivity contribution in [1.82, 2.24) is 5.32 Å². The number of carbonyl (C=O) groups excluding carboxylic acids is 1. The van der Waals surface area contributed by atoms with Crippen LogP contribution in [0.25, 0.3) is 0 Å². The minimum absolute atomic E-state index is 0.00924. The predicted octanol–water partition coefficient (Wildman–Crippen LogP) is 1.95. The number of carbonyl (C=O) groups is 2. The van der Waals surface area contributed by atoms with Crippen molar-refractivity contribution in [3.05, 3.63) is 0 Å². The van der Waals surface area contributed by atoms with Crippen LogP contribution in [-0.2, 0) is 14.3 Å². The third-order valence-electron chi connectivity index (χ3n) is 5.42. The molecule has 2 fully saturated rings. The quantitative estimate of drug-likeness (QED) is 0.781. The molecule has 0 aromatic heterocycles. The van der Waals surface area contributed by atoms with Gasteiger partial charge in [-0.1, -0.05) is 13.8 Å². The molecule has 1 saturated heterocycles. The molecule has 1 heterocycles. The molecule has 0 unspecified atom stereocenters. The van der Waals surface area contributed by atoms with Gasteiger partial charge < -0.3 is 15.2 Å². The molecule has 1 amide bonds. The molecule has 2 atom stereocenters. The summed E-state index contributed by atoms with van der Waals surface area (Å²) in [5.41, 5.74) is -1.24. The standard InChI is InChI=1S/C15H25NO4/c1-3-14(4-2,13(18)19)10-16-12(17)15-7-5-6-11(15)20-9-8-15/h11H,3-10H2,1-2H3,(H,16,17)(H,18,19)/t11-,15+/m1/s1. The topological polar surface area (TPSA) is 75.6 Å². The van der Waals surface area contributed by atoms with E-state index in [2.05, 4.69) is 5.32 Å². The summed E-state index contributed by atoms with van der Waals surface area (Å²) < 4.78 is 5.66. The van der Waals surface area contributed by atoms with Crippen LogP contribution in [0, 0.1) is 10.8 Å². The summed E-state index contributed by atoms with van der Waals surface area (Å²) in [6.07, 6.45) is 4.66. The van der Waals surface area contributed by atoms with Crippen LogP contribution in [-0.4, -0.2) is 36.2 Å². The maximum absolute atomic E-state index is 12.6. The van der Waals surface area contributed by atoms with Gasteiger partial charge in [-0.15, -0.1) is 0 Å². The van der Waals surface area contributed by atoms with Gasteiger partial charge in [-0.25, -0.2) is 0 Å². The summed E-state index contributed by atoms with van der Waals surface area (Å²) in [5.74, 6) is -0.837. The molecule has 1 saturated carbocycles. The highest BCUT2D eigenvalue weighted by atomic mass is 16.5. The van der Waals surface area contributed by atoms with Gasteiger partial charge >= 0.3 is 5.97 Å². The molecule has 0 bridgehead atoms. The average Bonchev–Trinajstić information content (AvgIpc) is 2.99. The van der Waals surface area contributed by atoms with E-state index in [9.17, 15) is 14.7 Å². The minimum Gasteiger partial charge on any atom is -0.481 e. The minimum atomic E-state index is -0.847. The van der Waals surface area contributed by atoms with Crippen LogP contribution >= 0.6 is 0 Å². The van der Waals surface area contributed by atoms with Gasteiger partial charge in [0.1, 0.15) is 0 Å². The van der Waals surface area contributed by atoms with Gasteiger partial charge in [0.15, 0.2) is 0 Å². The number of nitrogens with one attached hydrogen (secondary N) is 1. The molecule has 114 valence electrons. The van der Waals surface area contributed by atoms with Gasteiger partial charge in [0.05, 0.1) is 16.9 Å². The van der Waals surface area contributed by atoms with Gasteiger partial charge in [-0.3, -0.25) is 9.59 Å². The number of carboxylic acid groups (broad SMARTS) is 1. The first-order valence-electron chi connectivity index (χ1n) is 7.64. The summed E-state index contributed by atoms with van der Waals surface area (Å²) in [6, 6.07) is 0. The van der Waals surface area contributed by atoms with Crippen molar-refractivity contribution in [2.24, 2.45) is 10.8 Å². The van der Waals surface area contributed by atoms with Crippen LogP contribution in [0.15, 0.2) is 0 Å². The van der Waals surface area contributed by atoms with Gasteiger partial charge in [-0.05, 0) is 38.5 Å². The normalized spacial score (nSPS) is 29.2. The molecular weight excluding hydrogens is 258 g/mol. The Morgan fingerprint density at radius 2 is 2.05 bits per heavy atom. The Morgan fingerprint density at radius 3 is 2.65 bits per heavy atom. The molecule has 0 spiro atoms. The fourth-order valence-electron chi connectivity index (χ4n) is 3.63. The highest BCUT2D eigenvalue weighted by molar-refractivity contribution is 5.85. The van der Waals surface area contributed by atoms with Crippen molar-refractivity contribution in [1.29, 1.82) is 0 Å².